The number of methoxy groups -OCH3 is 3. The molecule has 1 aromatic heterocycles. The van der Waals surface area contributed by atoms with E-state index < -0.39 is 5.97 Å². The van der Waals surface area contributed by atoms with Crippen molar-refractivity contribution in [3.63, 3.8) is 0 Å². The molecule has 0 bridgehead atoms. The maximum Gasteiger partial charge on any atom is 0.313 e. The molecule has 0 N–H and O–H groups in total. The number of furan rings is 1. The van der Waals surface area contributed by atoms with Gasteiger partial charge in [-0.2, -0.15) is 0 Å². The molecule has 0 spiro atoms. The van der Waals surface area contributed by atoms with Gasteiger partial charge in [-0.1, -0.05) is 0 Å². The molecule has 0 saturated carbocycles. The minimum Gasteiger partial charge on any atom is -0.493 e. The predicted molar refractivity (Wildman–Crippen MR) is 101 cm³/mol. The van der Waals surface area contributed by atoms with E-state index in [1.54, 1.807) is 19.1 Å². The molecule has 150 valence electrons. The molecule has 1 aliphatic carbocycles. The van der Waals surface area contributed by atoms with Gasteiger partial charge in [-0.25, -0.2) is 0 Å². The van der Waals surface area contributed by atoms with Gasteiger partial charge < -0.3 is 23.4 Å². The SMILES string of the molecule is CCOC(=O)Cc1oc2c(c1-c1cc(OC)c(OC)c(OC)c1)C(=O)CCC2. The molecular formula is C21H24O7. The van der Waals surface area contributed by atoms with Crippen LogP contribution in [0.4, 0.5) is 0 Å². The number of ketones is 1. The van der Waals surface area contributed by atoms with Crippen LogP contribution in [-0.2, 0) is 22.4 Å². The van der Waals surface area contributed by atoms with E-state index in [0.717, 1.165) is 6.42 Å². The zero-order valence-electron chi connectivity index (χ0n) is 16.5. The molecule has 0 unspecified atom stereocenters. The first kappa shape index (κ1) is 19.8. The standard InChI is InChI=1S/C21H24O7/c1-5-27-18(23)11-15-19(20-13(22)7-6-8-14(20)28-15)12-9-16(24-2)21(26-4)17(10-12)25-3/h9-10H,5-8,11H2,1-4H3. The Morgan fingerprint density at radius 3 is 2.29 bits per heavy atom. The highest BCUT2D eigenvalue weighted by Gasteiger charge is 2.31. The number of esters is 1. The summed E-state index contributed by atoms with van der Waals surface area (Å²) in [5, 5.41) is 0. The van der Waals surface area contributed by atoms with Crippen molar-refractivity contribution < 1.29 is 33.0 Å². The number of carbonyl (C=O) groups excluding carboxylic acids is 2. The summed E-state index contributed by atoms with van der Waals surface area (Å²) in [5.74, 6) is 1.98. The third kappa shape index (κ3) is 3.56. The summed E-state index contributed by atoms with van der Waals surface area (Å²) in [6, 6.07) is 3.51. The average molecular weight is 388 g/mol. The van der Waals surface area contributed by atoms with Crippen molar-refractivity contribution in [3.8, 4) is 28.4 Å². The van der Waals surface area contributed by atoms with Crippen LogP contribution < -0.4 is 14.2 Å². The summed E-state index contributed by atoms with van der Waals surface area (Å²) >= 11 is 0. The molecule has 0 radical (unpaired) electrons. The minimum absolute atomic E-state index is 0.00357. The lowest BCUT2D eigenvalue weighted by Crippen LogP contribution is -2.10. The molecule has 1 aromatic carbocycles. The molecule has 3 rings (SSSR count). The summed E-state index contributed by atoms with van der Waals surface area (Å²) in [6.07, 6.45) is 1.77. The van der Waals surface area contributed by atoms with Crippen molar-refractivity contribution in [3.05, 3.63) is 29.2 Å². The molecule has 0 atom stereocenters. The van der Waals surface area contributed by atoms with Gasteiger partial charge in [0.1, 0.15) is 17.9 Å². The highest BCUT2D eigenvalue weighted by Crippen LogP contribution is 2.45. The Labute approximate surface area is 163 Å². The van der Waals surface area contributed by atoms with Gasteiger partial charge in [0, 0.05) is 18.4 Å². The second kappa shape index (κ2) is 8.37. The van der Waals surface area contributed by atoms with Crippen molar-refractivity contribution >= 4 is 11.8 Å². The van der Waals surface area contributed by atoms with Gasteiger partial charge in [-0.3, -0.25) is 9.59 Å². The molecule has 0 saturated heterocycles. The van der Waals surface area contributed by atoms with Crippen molar-refractivity contribution in [1.82, 2.24) is 0 Å². The zero-order chi connectivity index (χ0) is 20.3. The van der Waals surface area contributed by atoms with E-state index in [1.807, 2.05) is 0 Å². The number of hydrogen-bond acceptors (Lipinski definition) is 7. The second-order valence-electron chi connectivity index (χ2n) is 6.37. The number of fused-ring (bicyclic) bond motifs is 1. The lowest BCUT2D eigenvalue weighted by molar-refractivity contribution is -0.142. The number of aryl methyl sites for hydroxylation is 1. The summed E-state index contributed by atoms with van der Waals surface area (Å²) in [7, 11) is 4.57. The van der Waals surface area contributed by atoms with E-state index in [2.05, 4.69) is 0 Å². The van der Waals surface area contributed by atoms with E-state index in [1.165, 1.54) is 21.3 Å². The fourth-order valence-electron chi connectivity index (χ4n) is 3.53. The molecule has 0 fully saturated rings. The first-order valence-corrected chi connectivity index (χ1v) is 9.17. The number of rotatable bonds is 7. The smallest absolute Gasteiger partial charge is 0.313 e. The van der Waals surface area contributed by atoms with Crippen molar-refractivity contribution in [1.29, 1.82) is 0 Å². The van der Waals surface area contributed by atoms with Gasteiger partial charge in [-0.15, -0.1) is 0 Å². The van der Waals surface area contributed by atoms with Crippen molar-refractivity contribution in [2.45, 2.75) is 32.6 Å². The highest BCUT2D eigenvalue weighted by atomic mass is 16.5. The summed E-state index contributed by atoms with van der Waals surface area (Å²) < 4.78 is 27.3. The van der Waals surface area contributed by atoms with E-state index >= 15 is 0 Å². The Morgan fingerprint density at radius 1 is 1.04 bits per heavy atom. The second-order valence-corrected chi connectivity index (χ2v) is 6.37. The van der Waals surface area contributed by atoms with Crippen molar-refractivity contribution in [2.75, 3.05) is 27.9 Å². The molecule has 0 amide bonds. The van der Waals surface area contributed by atoms with Gasteiger partial charge >= 0.3 is 5.97 Å². The Hall–Kier alpha value is -2.96. The van der Waals surface area contributed by atoms with Crippen LogP contribution >= 0.6 is 0 Å². The summed E-state index contributed by atoms with van der Waals surface area (Å²) in [6.45, 7) is 2.02. The molecule has 7 nitrogen and oxygen atoms in total. The molecule has 28 heavy (non-hydrogen) atoms. The maximum atomic E-state index is 12.7. The van der Waals surface area contributed by atoms with E-state index in [4.69, 9.17) is 23.4 Å². The number of Topliss-reactive ketones (excluding diaryl/α,β-unsaturated/α-hetero) is 1. The van der Waals surface area contributed by atoms with Gasteiger partial charge in [0.2, 0.25) is 5.75 Å². The first-order chi connectivity index (χ1) is 13.5. The van der Waals surface area contributed by atoms with Gasteiger partial charge in [0.25, 0.3) is 0 Å². The van der Waals surface area contributed by atoms with Crippen LogP contribution in [0.15, 0.2) is 16.5 Å². The Kier molecular flexibility index (Phi) is 5.92. The van der Waals surface area contributed by atoms with Gasteiger partial charge in [0.15, 0.2) is 17.3 Å². The molecule has 1 aliphatic rings. The van der Waals surface area contributed by atoms with Crippen LogP contribution in [0.25, 0.3) is 11.1 Å². The van der Waals surface area contributed by atoms with Crippen molar-refractivity contribution in [2.24, 2.45) is 0 Å². The topological polar surface area (TPSA) is 84.2 Å². The monoisotopic (exact) mass is 388 g/mol. The normalized spacial score (nSPS) is 13.1. The number of carbonyl (C=O) groups is 2. The molecule has 2 aromatic rings. The maximum absolute atomic E-state index is 12.7. The number of hydrogen-bond donors (Lipinski definition) is 0. The molecule has 7 heteroatoms. The minimum atomic E-state index is -0.408. The Balaban J connectivity index is 2.21. The molecular weight excluding hydrogens is 364 g/mol. The van der Waals surface area contributed by atoms with Gasteiger partial charge in [0.05, 0.1) is 33.5 Å². The fourth-order valence-corrected chi connectivity index (χ4v) is 3.53. The highest BCUT2D eigenvalue weighted by molar-refractivity contribution is 6.05. The van der Waals surface area contributed by atoms with Crippen LogP contribution in [-0.4, -0.2) is 39.7 Å². The van der Waals surface area contributed by atoms with E-state index in [9.17, 15) is 9.59 Å². The largest absolute Gasteiger partial charge is 0.493 e. The fraction of sp³-hybridized carbons (Fsp3) is 0.429. The van der Waals surface area contributed by atoms with E-state index in [-0.39, 0.29) is 18.8 Å². The number of benzene rings is 1. The van der Waals surface area contributed by atoms with Crippen LogP contribution in [0.1, 0.15) is 41.6 Å². The van der Waals surface area contributed by atoms with Crippen LogP contribution in [0, 0.1) is 0 Å². The molecule has 1 heterocycles. The lowest BCUT2D eigenvalue weighted by atomic mass is 9.89. The van der Waals surface area contributed by atoms with Gasteiger partial charge in [-0.05, 0) is 31.0 Å². The van der Waals surface area contributed by atoms with Crippen LogP contribution in [0.2, 0.25) is 0 Å². The summed E-state index contributed by atoms with van der Waals surface area (Å²) in [4.78, 5) is 24.8. The Morgan fingerprint density at radius 2 is 1.71 bits per heavy atom. The Bertz CT molecular complexity index is 869. The predicted octanol–water partition coefficient (Wildman–Crippen LogP) is 3.60. The lowest BCUT2D eigenvalue weighted by Gasteiger charge is -2.15. The summed E-state index contributed by atoms with van der Waals surface area (Å²) in [5.41, 5.74) is 1.78. The quantitative estimate of drug-likeness (QED) is 0.670. The average Bonchev–Trinajstić information content (AvgIpc) is 3.06. The number of ether oxygens (including phenoxy) is 4. The first-order valence-electron chi connectivity index (χ1n) is 9.17. The van der Waals surface area contributed by atoms with Crippen LogP contribution in [0.5, 0.6) is 17.2 Å². The zero-order valence-corrected chi connectivity index (χ0v) is 16.5. The van der Waals surface area contributed by atoms with Crippen LogP contribution in [0.3, 0.4) is 0 Å². The third-order valence-electron chi connectivity index (χ3n) is 4.70. The third-order valence-corrected chi connectivity index (χ3v) is 4.70. The molecule has 0 aliphatic heterocycles. The van der Waals surface area contributed by atoms with E-state index in [0.29, 0.717) is 58.3 Å².